The summed E-state index contributed by atoms with van der Waals surface area (Å²) in [6.07, 6.45) is 0. The quantitative estimate of drug-likeness (QED) is 0.210. The maximum absolute atomic E-state index is 6.45. The number of rotatable bonds is 2. The minimum absolute atomic E-state index is 0.0625. The van der Waals surface area contributed by atoms with Crippen molar-refractivity contribution in [1.29, 1.82) is 0 Å². The smallest absolute Gasteiger partial charge is 0.143 e. The van der Waals surface area contributed by atoms with Crippen LogP contribution in [-0.2, 0) is 5.41 Å². The number of nitrogens with zero attached hydrogens (tertiary/aromatic N) is 1. The van der Waals surface area contributed by atoms with E-state index >= 15 is 0 Å². The number of para-hydroxylation sites is 3. The van der Waals surface area contributed by atoms with Gasteiger partial charge in [0.25, 0.3) is 0 Å². The minimum Gasteiger partial charge on any atom is -0.455 e. The molecule has 0 saturated carbocycles. The lowest BCUT2D eigenvalue weighted by Crippen LogP contribution is -2.18. The van der Waals surface area contributed by atoms with E-state index in [1.54, 1.807) is 0 Å². The van der Waals surface area contributed by atoms with Crippen LogP contribution in [0, 0.1) is 0 Å². The summed E-state index contributed by atoms with van der Waals surface area (Å²) in [7, 11) is 0. The molecule has 0 N–H and O–H groups in total. The molecule has 1 aliphatic heterocycles. The molecule has 42 heavy (non-hydrogen) atoms. The number of hydrogen-bond acceptors (Lipinski definition) is 3. The van der Waals surface area contributed by atoms with Crippen LogP contribution in [0.3, 0.4) is 0 Å². The largest absolute Gasteiger partial charge is 0.455 e. The minimum atomic E-state index is -0.0625. The van der Waals surface area contributed by atoms with Crippen LogP contribution in [0.1, 0.15) is 25.0 Å². The first-order chi connectivity index (χ1) is 20.6. The zero-order valence-electron chi connectivity index (χ0n) is 23.4. The van der Waals surface area contributed by atoms with Crippen molar-refractivity contribution in [3.63, 3.8) is 0 Å². The van der Waals surface area contributed by atoms with Crippen LogP contribution in [0.25, 0.3) is 44.2 Å². The predicted molar refractivity (Wildman–Crippen MR) is 176 cm³/mol. The van der Waals surface area contributed by atoms with E-state index in [1.807, 2.05) is 17.8 Å². The van der Waals surface area contributed by atoms with Gasteiger partial charge in [0.1, 0.15) is 11.2 Å². The molecule has 0 amide bonds. The summed E-state index contributed by atoms with van der Waals surface area (Å²) < 4.78 is 6.45. The summed E-state index contributed by atoms with van der Waals surface area (Å²) in [4.78, 5) is 5.02. The number of hydrogen-bond donors (Lipinski definition) is 0. The highest BCUT2D eigenvalue weighted by atomic mass is 32.2. The van der Waals surface area contributed by atoms with Gasteiger partial charge in [0, 0.05) is 42.8 Å². The van der Waals surface area contributed by atoms with Gasteiger partial charge in [-0.1, -0.05) is 117 Å². The lowest BCUT2D eigenvalue weighted by Gasteiger charge is -2.35. The van der Waals surface area contributed by atoms with Gasteiger partial charge in [-0.3, -0.25) is 0 Å². The van der Waals surface area contributed by atoms with Crippen LogP contribution in [-0.4, -0.2) is 0 Å². The third-order valence-electron chi connectivity index (χ3n) is 9.06. The van der Waals surface area contributed by atoms with E-state index in [0.717, 1.165) is 38.8 Å². The molecule has 0 bridgehead atoms. The molecular formula is C39H27NOS. The molecule has 2 heterocycles. The monoisotopic (exact) mass is 557 g/mol. The van der Waals surface area contributed by atoms with Crippen LogP contribution in [0.4, 0.5) is 17.1 Å². The van der Waals surface area contributed by atoms with Gasteiger partial charge < -0.3 is 9.32 Å². The van der Waals surface area contributed by atoms with Gasteiger partial charge in [0.2, 0.25) is 0 Å². The number of fused-ring (bicyclic) bond motifs is 9. The first-order valence-corrected chi connectivity index (χ1v) is 15.3. The third-order valence-corrected chi connectivity index (χ3v) is 10.2. The fourth-order valence-electron chi connectivity index (χ4n) is 7.07. The molecule has 0 radical (unpaired) electrons. The van der Waals surface area contributed by atoms with Crippen LogP contribution in [0.5, 0.6) is 0 Å². The highest BCUT2D eigenvalue weighted by Crippen LogP contribution is 2.60. The molecule has 0 atom stereocenters. The van der Waals surface area contributed by atoms with E-state index in [4.69, 9.17) is 4.42 Å². The fourth-order valence-corrected chi connectivity index (χ4v) is 8.12. The predicted octanol–water partition coefficient (Wildman–Crippen LogP) is 11.5. The molecule has 2 nitrogen and oxygen atoms in total. The fraction of sp³-hybridized carbons (Fsp3) is 0.0769. The van der Waals surface area contributed by atoms with Crippen LogP contribution < -0.4 is 4.90 Å². The molecule has 9 rings (SSSR count). The normalized spacial score (nSPS) is 14.5. The Balaban J connectivity index is 1.31. The highest BCUT2D eigenvalue weighted by molar-refractivity contribution is 7.99. The summed E-state index contributed by atoms with van der Waals surface area (Å²) in [6, 6.07) is 46.1. The van der Waals surface area contributed by atoms with Gasteiger partial charge in [-0.15, -0.1) is 0 Å². The molecule has 1 aliphatic carbocycles. The maximum Gasteiger partial charge on any atom is 0.143 e. The highest BCUT2D eigenvalue weighted by Gasteiger charge is 2.40. The van der Waals surface area contributed by atoms with Crippen LogP contribution in [0.2, 0.25) is 0 Å². The summed E-state index contributed by atoms with van der Waals surface area (Å²) >= 11 is 1.87. The van der Waals surface area contributed by atoms with Gasteiger partial charge in [0.15, 0.2) is 0 Å². The molecule has 1 aromatic heterocycles. The van der Waals surface area contributed by atoms with E-state index in [1.165, 1.54) is 43.4 Å². The standard InChI is InChI=1S/C39H27NOS/c1-39(2)30-17-8-6-14-29(30)36-31(39)20-22-35-37(36)40(25-11-4-3-5-12-25)32-23-24(19-21-34(32)42-35)26-15-10-16-28-27-13-7-9-18-33(27)41-38(26)28/h3-23H,1-2H3. The second-order valence-corrected chi connectivity index (χ2v) is 12.8. The Morgan fingerprint density at radius 3 is 2.26 bits per heavy atom. The summed E-state index contributed by atoms with van der Waals surface area (Å²) in [5.74, 6) is 0. The Hall–Kier alpha value is -4.73. The molecule has 7 aromatic rings. The van der Waals surface area contributed by atoms with E-state index in [9.17, 15) is 0 Å². The molecule has 0 saturated heterocycles. The van der Waals surface area contributed by atoms with Crippen molar-refractivity contribution >= 4 is 50.8 Å². The van der Waals surface area contributed by atoms with Gasteiger partial charge in [-0.2, -0.15) is 0 Å². The Kier molecular flexibility index (Phi) is 4.92. The Morgan fingerprint density at radius 1 is 0.619 bits per heavy atom. The van der Waals surface area contributed by atoms with Crippen molar-refractivity contribution in [3.8, 4) is 22.3 Å². The number of anilines is 3. The van der Waals surface area contributed by atoms with E-state index in [-0.39, 0.29) is 5.41 Å². The van der Waals surface area contributed by atoms with Crippen molar-refractivity contribution in [1.82, 2.24) is 0 Å². The van der Waals surface area contributed by atoms with Crippen LogP contribution in [0.15, 0.2) is 142 Å². The molecule has 0 spiro atoms. The first kappa shape index (κ1) is 23.9. The van der Waals surface area contributed by atoms with Gasteiger partial charge in [-0.05, 0) is 58.7 Å². The maximum atomic E-state index is 6.45. The van der Waals surface area contributed by atoms with E-state index < -0.39 is 0 Å². The SMILES string of the molecule is CC1(C)c2ccccc2-c2c1ccc1c2N(c2ccccc2)c2cc(-c3cccc4c3oc3ccccc34)ccc2S1. The topological polar surface area (TPSA) is 16.4 Å². The molecule has 6 aromatic carbocycles. The Bertz CT molecular complexity index is 2210. The number of benzene rings is 6. The van der Waals surface area contributed by atoms with Crippen LogP contribution >= 0.6 is 11.8 Å². The first-order valence-electron chi connectivity index (χ1n) is 14.4. The van der Waals surface area contributed by atoms with Crippen molar-refractivity contribution in [3.05, 3.63) is 139 Å². The van der Waals surface area contributed by atoms with Gasteiger partial charge in [-0.25, -0.2) is 0 Å². The van der Waals surface area contributed by atoms with Crippen molar-refractivity contribution in [2.24, 2.45) is 0 Å². The molecular weight excluding hydrogens is 531 g/mol. The van der Waals surface area contributed by atoms with E-state index in [0.29, 0.717) is 0 Å². The molecule has 2 aliphatic rings. The van der Waals surface area contributed by atoms with Gasteiger partial charge in [0.05, 0.1) is 11.4 Å². The molecule has 0 fully saturated rings. The van der Waals surface area contributed by atoms with Crippen molar-refractivity contribution in [2.45, 2.75) is 29.1 Å². The summed E-state index contributed by atoms with van der Waals surface area (Å²) in [5, 5.41) is 2.30. The summed E-state index contributed by atoms with van der Waals surface area (Å²) in [6.45, 7) is 4.71. The zero-order chi connectivity index (χ0) is 28.0. The average Bonchev–Trinajstić information content (AvgIpc) is 3.52. The lowest BCUT2D eigenvalue weighted by molar-refractivity contribution is 0.660. The number of furan rings is 1. The van der Waals surface area contributed by atoms with E-state index in [2.05, 4.69) is 140 Å². The Labute approximate surface area is 249 Å². The third kappa shape index (κ3) is 3.23. The average molecular weight is 558 g/mol. The second-order valence-electron chi connectivity index (χ2n) is 11.7. The zero-order valence-corrected chi connectivity index (χ0v) is 24.2. The van der Waals surface area contributed by atoms with Gasteiger partial charge >= 0.3 is 0 Å². The molecule has 0 unspecified atom stereocenters. The second kappa shape index (κ2) is 8.64. The molecule has 200 valence electrons. The van der Waals surface area contributed by atoms with Crippen molar-refractivity contribution in [2.75, 3.05) is 4.90 Å². The molecule has 3 heteroatoms. The van der Waals surface area contributed by atoms with Crippen molar-refractivity contribution < 1.29 is 4.42 Å². The lowest BCUT2D eigenvalue weighted by atomic mass is 9.82. The Morgan fingerprint density at radius 2 is 1.36 bits per heavy atom. The summed E-state index contributed by atoms with van der Waals surface area (Å²) in [5.41, 5.74) is 13.1.